The second kappa shape index (κ2) is 7.43. The maximum absolute atomic E-state index is 13.1. The van der Waals surface area contributed by atoms with Crippen LogP contribution in [-0.2, 0) is 6.42 Å². The number of hydrazone groups is 1. The molecule has 1 aliphatic heterocycles. The Morgan fingerprint density at radius 2 is 1.92 bits per heavy atom. The van der Waals surface area contributed by atoms with Crippen LogP contribution < -0.4 is 5.73 Å². The largest absolute Gasteiger partial charge is 0.328 e. The van der Waals surface area contributed by atoms with Crippen molar-refractivity contribution >= 4 is 27.6 Å². The van der Waals surface area contributed by atoms with Gasteiger partial charge in [-0.05, 0) is 41.6 Å². The summed E-state index contributed by atoms with van der Waals surface area (Å²) in [6, 6.07) is 14.8. The molecule has 1 atom stereocenters. The lowest BCUT2D eigenvalue weighted by atomic mass is 10.1. The Hall–Kier alpha value is -2.44. The van der Waals surface area contributed by atoms with Gasteiger partial charge in [0.1, 0.15) is 16.7 Å². The van der Waals surface area contributed by atoms with Crippen LogP contribution in [0.1, 0.15) is 11.1 Å². The van der Waals surface area contributed by atoms with Gasteiger partial charge in [-0.15, -0.1) is 0 Å². The molecule has 2 heterocycles. The van der Waals surface area contributed by atoms with E-state index in [1.165, 1.54) is 12.1 Å². The molecule has 0 amide bonds. The van der Waals surface area contributed by atoms with E-state index in [9.17, 15) is 4.39 Å². The highest BCUT2D eigenvalue weighted by molar-refractivity contribution is 8.16. The maximum atomic E-state index is 13.1. The van der Waals surface area contributed by atoms with Crippen LogP contribution in [0.5, 0.6) is 0 Å². The first-order valence-electron chi connectivity index (χ1n) is 8.38. The minimum Gasteiger partial charge on any atom is -0.328 e. The first-order chi connectivity index (χ1) is 12.7. The Balaban J connectivity index is 1.54. The quantitative estimate of drug-likeness (QED) is 0.748. The first kappa shape index (κ1) is 17.0. The molecule has 0 saturated heterocycles. The van der Waals surface area contributed by atoms with Crippen LogP contribution in [-0.4, -0.2) is 27.6 Å². The summed E-state index contributed by atoms with van der Waals surface area (Å²) in [7, 11) is 0. The predicted molar refractivity (Wildman–Crippen MR) is 105 cm³/mol. The number of hydrogen-bond donors (Lipinski definition) is 1. The summed E-state index contributed by atoms with van der Waals surface area (Å²) in [5.74, 6) is 1.76. The van der Waals surface area contributed by atoms with Crippen LogP contribution in [0.4, 0.5) is 4.39 Å². The number of nitrogens with zero attached hydrogens (tertiary/aromatic N) is 3. The van der Waals surface area contributed by atoms with E-state index in [0.29, 0.717) is 13.0 Å². The van der Waals surface area contributed by atoms with Crippen molar-refractivity contribution in [2.75, 3.05) is 6.54 Å². The zero-order chi connectivity index (χ0) is 17.9. The molecule has 131 valence electrons. The molecular weight excluding hydrogens is 347 g/mol. The summed E-state index contributed by atoms with van der Waals surface area (Å²) in [5, 5.41) is 9.85. The summed E-state index contributed by atoms with van der Waals surface area (Å²) in [4.78, 5) is 4.14. The van der Waals surface area contributed by atoms with E-state index in [0.717, 1.165) is 26.9 Å². The molecule has 26 heavy (non-hydrogen) atoms. The van der Waals surface area contributed by atoms with E-state index < -0.39 is 0 Å². The molecule has 1 aliphatic rings. The molecule has 4 nitrogen and oxygen atoms in total. The first-order valence-corrected chi connectivity index (χ1v) is 9.26. The third-order valence-corrected chi connectivity index (χ3v) is 5.26. The van der Waals surface area contributed by atoms with Gasteiger partial charge in [0.2, 0.25) is 0 Å². The summed E-state index contributed by atoms with van der Waals surface area (Å²) in [6.45, 7) is 0.467. The Morgan fingerprint density at radius 3 is 2.73 bits per heavy atom. The number of hydrogen-bond acceptors (Lipinski definition) is 5. The zero-order valence-electron chi connectivity index (χ0n) is 14.0. The lowest BCUT2D eigenvalue weighted by Gasteiger charge is -2.23. The highest BCUT2D eigenvalue weighted by Crippen LogP contribution is 2.30. The summed E-state index contributed by atoms with van der Waals surface area (Å²) in [5.41, 5.74) is 8.09. The van der Waals surface area contributed by atoms with Gasteiger partial charge < -0.3 is 5.73 Å². The van der Waals surface area contributed by atoms with Crippen molar-refractivity contribution in [3.05, 3.63) is 83.7 Å². The van der Waals surface area contributed by atoms with E-state index in [4.69, 9.17) is 10.8 Å². The third-order valence-electron chi connectivity index (χ3n) is 4.40. The van der Waals surface area contributed by atoms with Gasteiger partial charge in [0.15, 0.2) is 0 Å². The van der Waals surface area contributed by atoms with Crippen LogP contribution in [0, 0.1) is 11.7 Å². The van der Waals surface area contributed by atoms with Gasteiger partial charge in [-0.2, -0.15) is 5.10 Å². The number of aromatic nitrogens is 1. The molecule has 1 radical (unpaired) electrons. The van der Waals surface area contributed by atoms with E-state index in [1.807, 2.05) is 23.1 Å². The molecule has 0 saturated carbocycles. The number of nitrogens with two attached hydrogens (primary N) is 1. The topological polar surface area (TPSA) is 54.5 Å². The molecule has 4 rings (SSSR count). The van der Waals surface area contributed by atoms with Crippen LogP contribution in [0.2, 0.25) is 0 Å². The number of thioether (sulfide) groups is 1. The van der Waals surface area contributed by atoms with Crippen molar-refractivity contribution < 1.29 is 4.39 Å². The Bertz CT molecular complexity index is 942. The van der Waals surface area contributed by atoms with Crippen molar-refractivity contribution in [2.45, 2.75) is 12.5 Å². The molecule has 0 bridgehead atoms. The standard InChI is InChI=1S/C20H18FN4S/c21-18-5-1-14(2-6-18)9-19(11-22)25-13-26-20(24-25)16-3-4-17-12-23-8-7-15(17)10-16/h1-8,10,12-13,19H,9,11,22H2/t19-/m0/s1. The highest BCUT2D eigenvalue weighted by atomic mass is 32.2. The van der Waals surface area contributed by atoms with Crippen LogP contribution in [0.3, 0.4) is 0 Å². The number of pyridine rings is 1. The predicted octanol–water partition coefficient (Wildman–Crippen LogP) is 3.77. The summed E-state index contributed by atoms with van der Waals surface area (Å²) < 4.78 is 13.1. The minimum absolute atomic E-state index is 0.0371. The van der Waals surface area contributed by atoms with Gasteiger partial charge in [0.25, 0.3) is 0 Å². The molecule has 3 aromatic rings. The van der Waals surface area contributed by atoms with E-state index in [2.05, 4.69) is 23.2 Å². The highest BCUT2D eigenvalue weighted by Gasteiger charge is 2.24. The van der Waals surface area contributed by atoms with Gasteiger partial charge in [-0.1, -0.05) is 36.0 Å². The summed E-state index contributed by atoms with van der Waals surface area (Å²) >= 11 is 1.59. The lowest BCUT2D eigenvalue weighted by molar-refractivity contribution is 0.284. The number of benzene rings is 2. The lowest BCUT2D eigenvalue weighted by Crippen LogP contribution is -2.35. The SMILES string of the molecule is NC[C@H](Cc1ccc(F)cc1)N1[CH]SC(c2ccc3cnccc3c2)=N1. The van der Waals surface area contributed by atoms with Gasteiger partial charge >= 0.3 is 0 Å². The molecule has 0 spiro atoms. The van der Waals surface area contributed by atoms with Gasteiger partial charge in [0, 0.05) is 29.9 Å². The molecule has 2 aromatic carbocycles. The fourth-order valence-corrected chi connectivity index (χ4v) is 3.77. The number of rotatable bonds is 5. The monoisotopic (exact) mass is 365 g/mol. The van der Waals surface area contributed by atoms with Crippen molar-refractivity contribution in [1.82, 2.24) is 9.99 Å². The van der Waals surface area contributed by atoms with E-state index >= 15 is 0 Å². The number of halogens is 1. The molecule has 1 aromatic heterocycles. The number of fused-ring (bicyclic) bond motifs is 1. The van der Waals surface area contributed by atoms with Crippen LogP contribution in [0.15, 0.2) is 66.0 Å². The van der Waals surface area contributed by atoms with Gasteiger partial charge in [-0.25, -0.2) is 4.39 Å². The Kier molecular flexibility index (Phi) is 4.86. The van der Waals surface area contributed by atoms with Crippen molar-refractivity contribution in [2.24, 2.45) is 10.8 Å². The molecule has 0 unspecified atom stereocenters. The third kappa shape index (κ3) is 3.57. The van der Waals surface area contributed by atoms with Gasteiger partial charge in [0.05, 0.1) is 6.04 Å². The Morgan fingerprint density at radius 1 is 1.08 bits per heavy atom. The second-order valence-corrected chi connectivity index (χ2v) is 7.00. The van der Waals surface area contributed by atoms with E-state index in [1.54, 1.807) is 30.1 Å². The molecule has 0 aliphatic carbocycles. The smallest absolute Gasteiger partial charge is 0.130 e. The van der Waals surface area contributed by atoms with Crippen LogP contribution >= 0.6 is 11.8 Å². The Labute approximate surface area is 155 Å². The van der Waals surface area contributed by atoms with Gasteiger partial charge in [-0.3, -0.25) is 9.99 Å². The van der Waals surface area contributed by atoms with Crippen LogP contribution in [0.25, 0.3) is 10.8 Å². The maximum Gasteiger partial charge on any atom is 0.130 e. The fourth-order valence-electron chi connectivity index (χ4n) is 2.94. The van der Waals surface area contributed by atoms with Crippen molar-refractivity contribution in [1.29, 1.82) is 0 Å². The second-order valence-electron chi connectivity index (χ2n) is 6.17. The molecule has 2 N–H and O–H groups in total. The minimum atomic E-state index is -0.229. The van der Waals surface area contributed by atoms with Crippen molar-refractivity contribution in [3.8, 4) is 0 Å². The van der Waals surface area contributed by atoms with Crippen molar-refractivity contribution in [3.63, 3.8) is 0 Å². The fraction of sp³-hybridized carbons (Fsp3) is 0.150. The zero-order valence-corrected chi connectivity index (χ0v) is 14.9. The average molecular weight is 365 g/mol. The normalized spacial score (nSPS) is 15.3. The summed E-state index contributed by atoms with van der Waals surface area (Å²) in [6.07, 6.45) is 4.36. The van der Waals surface area contributed by atoms with E-state index in [-0.39, 0.29) is 11.9 Å². The molecule has 0 fully saturated rings. The molecular formula is C20H18FN4S. The molecule has 6 heteroatoms. The average Bonchev–Trinajstić information content (AvgIpc) is 3.17.